The van der Waals surface area contributed by atoms with Gasteiger partial charge in [-0.1, -0.05) is 0 Å². The molecular weight excluding hydrogens is 304 g/mol. The number of carbonyl (C=O) groups excluding carboxylic acids is 2. The van der Waals surface area contributed by atoms with Crippen molar-refractivity contribution in [2.24, 2.45) is 5.73 Å². The lowest BCUT2D eigenvalue weighted by Gasteiger charge is -2.35. The van der Waals surface area contributed by atoms with Crippen LogP contribution in [0.2, 0.25) is 0 Å². The van der Waals surface area contributed by atoms with Gasteiger partial charge in [0.1, 0.15) is 0 Å². The zero-order valence-electron chi connectivity index (χ0n) is 13.5. The van der Waals surface area contributed by atoms with E-state index in [-0.39, 0.29) is 11.8 Å². The summed E-state index contributed by atoms with van der Waals surface area (Å²) < 4.78 is 4.89. The van der Waals surface area contributed by atoms with E-state index in [4.69, 9.17) is 10.5 Å². The minimum absolute atomic E-state index is 0.00602. The van der Waals surface area contributed by atoms with Crippen molar-refractivity contribution >= 4 is 23.6 Å². The number of carbonyl (C=O) groups is 2. The SMILES string of the molecule is COCCNC(=O)CN1CCN(C(=O)[C@@H](N)CCSC)CC1. The van der Waals surface area contributed by atoms with Gasteiger partial charge in [-0.25, -0.2) is 0 Å². The molecule has 8 heteroatoms. The Labute approximate surface area is 136 Å². The average Bonchev–Trinajstić information content (AvgIpc) is 2.53. The molecule has 0 bridgehead atoms. The lowest BCUT2D eigenvalue weighted by molar-refractivity contribution is -0.134. The maximum absolute atomic E-state index is 12.2. The van der Waals surface area contributed by atoms with Gasteiger partial charge in [-0.05, 0) is 18.4 Å². The molecular formula is C14H28N4O3S. The molecule has 1 aliphatic heterocycles. The predicted octanol–water partition coefficient (Wildman–Crippen LogP) is -1.03. The van der Waals surface area contributed by atoms with Crippen LogP contribution in [0.5, 0.6) is 0 Å². The van der Waals surface area contributed by atoms with Crippen molar-refractivity contribution in [3.05, 3.63) is 0 Å². The van der Waals surface area contributed by atoms with Gasteiger partial charge in [0.25, 0.3) is 0 Å². The Morgan fingerprint density at radius 2 is 2.00 bits per heavy atom. The van der Waals surface area contributed by atoms with Crippen LogP contribution in [0.3, 0.4) is 0 Å². The molecule has 1 atom stereocenters. The van der Waals surface area contributed by atoms with Crippen LogP contribution in [0.4, 0.5) is 0 Å². The molecule has 0 aromatic carbocycles. The third-order valence-electron chi connectivity index (χ3n) is 3.63. The van der Waals surface area contributed by atoms with Crippen molar-refractivity contribution in [3.8, 4) is 0 Å². The molecule has 1 saturated heterocycles. The molecule has 2 amide bonds. The van der Waals surface area contributed by atoms with Crippen LogP contribution < -0.4 is 11.1 Å². The molecule has 1 heterocycles. The number of amides is 2. The molecule has 0 saturated carbocycles. The minimum Gasteiger partial charge on any atom is -0.383 e. The van der Waals surface area contributed by atoms with Crippen LogP contribution in [0.1, 0.15) is 6.42 Å². The first kappa shape index (κ1) is 19.2. The van der Waals surface area contributed by atoms with Gasteiger partial charge < -0.3 is 20.7 Å². The molecule has 128 valence electrons. The van der Waals surface area contributed by atoms with Crippen molar-refractivity contribution < 1.29 is 14.3 Å². The quantitative estimate of drug-likeness (QED) is 0.525. The number of nitrogens with zero attached hydrogens (tertiary/aromatic N) is 2. The summed E-state index contributed by atoms with van der Waals surface area (Å²) in [4.78, 5) is 27.8. The van der Waals surface area contributed by atoms with E-state index in [9.17, 15) is 9.59 Å². The number of nitrogens with one attached hydrogen (secondary N) is 1. The third kappa shape index (κ3) is 6.95. The normalized spacial score (nSPS) is 17.3. The van der Waals surface area contributed by atoms with E-state index in [1.807, 2.05) is 11.2 Å². The van der Waals surface area contributed by atoms with Crippen molar-refractivity contribution in [2.45, 2.75) is 12.5 Å². The minimum atomic E-state index is -0.406. The molecule has 0 aromatic heterocycles. The summed E-state index contributed by atoms with van der Waals surface area (Å²) in [6, 6.07) is -0.406. The fourth-order valence-corrected chi connectivity index (χ4v) is 2.77. The number of methoxy groups -OCH3 is 1. The maximum Gasteiger partial charge on any atom is 0.239 e. The van der Waals surface area contributed by atoms with Crippen molar-refractivity contribution in [3.63, 3.8) is 0 Å². The molecule has 7 nitrogen and oxygen atoms in total. The summed E-state index contributed by atoms with van der Waals surface area (Å²) in [7, 11) is 1.60. The molecule has 1 fully saturated rings. The fourth-order valence-electron chi connectivity index (χ4n) is 2.28. The van der Waals surface area contributed by atoms with Gasteiger partial charge in [0.15, 0.2) is 0 Å². The number of ether oxygens (including phenoxy) is 1. The first-order chi connectivity index (χ1) is 10.6. The van der Waals surface area contributed by atoms with E-state index in [0.717, 1.165) is 5.75 Å². The standard InChI is InChI=1S/C14H28N4O3S/c1-21-9-4-16-13(19)11-17-5-7-18(8-6-17)14(20)12(15)3-10-22-2/h12H,3-11,15H2,1-2H3,(H,16,19)/t12-/m0/s1. The van der Waals surface area contributed by atoms with Crippen LogP contribution in [-0.2, 0) is 14.3 Å². The summed E-state index contributed by atoms with van der Waals surface area (Å²) in [6.07, 6.45) is 2.72. The first-order valence-electron chi connectivity index (χ1n) is 7.59. The largest absolute Gasteiger partial charge is 0.383 e. The molecule has 3 N–H and O–H groups in total. The lowest BCUT2D eigenvalue weighted by Crippen LogP contribution is -2.54. The van der Waals surface area contributed by atoms with Gasteiger partial charge in [0.05, 0.1) is 19.2 Å². The van der Waals surface area contributed by atoms with E-state index in [1.165, 1.54) is 0 Å². The molecule has 0 aliphatic carbocycles. The zero-order chi connectivity index (χ0) is 16.4. The summed E-state index contributed by atoms with van der Waals surface area (Å²) in [5.41, 5.74) is 5.92. The highest BCUT2D eigenvalue weighted by Gasteiger charge is 2.25. The number of hydrogen-bond acceptors (Lipinski definition) is 6. The van der Waals surface area contributed by atoms with E-state index in [2.05, 4.69) is 10.2 Å². The Hall–Kier alpha value is -0.830. The van der Waals surface area contributed by atoms with Crippen LogP contribution in [0.15, 0.2) is 0 Å². The Balaban J connectivity index is 2.25. The summed E-state index contributed by atoms with van der Waals surface area (Å²) >= 11 is 1.70. The number of thioether (sulfide) groups is 1. The Morgan fingerprint density at radius 1 is 1.32 bits per heavy atom. The number of rotatable bonds is 9. The van der Waals surface area contributed by atoms with Gasteiger partial charge >= 0.3 is 0 Å². The Morgan fingerprint density at radius 3 is 2.59 bits per heavy atom. The maximum atomic E-state index is 12.2. The Kier molecular flexibility index (Phi) is 9.45. The van der Waals surface area contributed by atoms with Gasteiger partial charge in [0.2, 0.25) is 11.8 Å². The number of nitrogens with two attached hydrogens (primary N) is 1. The molecule has 0 spiro atoms. The second-order valence-corrected chi connectivity index (χ2v) is 6.32. The number of hydrogen-bond donors (Lipinski definition) is 2. The second-order valence-electron chi connectivity index (χ2n) is 5.33. The van der Waals surface area contributed by atoms with Crippen LogP contribution in [0, 0.1) is 0 Å². The third-order valence-corrected chi connectivity index (χ3v) is 4.27. The van der Waals surface area contributed by atoms with E-state index >= 15 is 0 Å². The van der Waals surface area contributed by atoms with Gasteiger partial charge in [-0.3, -0.25) is 14.5 Å². The van der Waals surface area contributed by atoms with Crippen LogP contribution in [0.25, 0.3) is 0 Å². The van der Waals surface area contributed by atoms with E-state index in [1.54, 1.807) is 18.9 Å². The predicted molar refractivity (Wildman–Crippen MR) is 88.9 cm³/mol. The van der Waals surface area contributed by atoms with E-state index in [0.29, 0.717) is 52.3 Å². The highest BCUT2D eigenvalue weighted by molar-refractivity contribution is 7.98. The Bertz CT molecular complexity index is 349. The second kappa shape index (κ2) is 10.8. The zero-order valence-corrected chi connectivity index (χ0v) is 14.4. The smallest absolute Gasteiger partial charge is 0.239 e. The van der Waals surface area contributed by atoms with Crippen LogP contribution >= 0.6 is 11.8 Å². The average molecular weight is 332 g/mol. The monoisotopic (exact) mass is 332 g/mol. The highest BCUT2D eigenvalue weighted by Crippen LogP contribution is 2.06. The molecule has 0 radical (unpaired) electrons. The molecule has 0 unspecified atom stereocenters. The van der Waals surface area contributed by atoms with Crippen molar-refractivity contribution in [1.29, 1.82) is 0 Å². The topological polar surface area (TPSA) is 87.9 Å². The van der Waals surface area contributed by atoms with Gasteiger partial charge in [-0.2, -0.15) is 11.8 Å². The molecule has 1 rings (SSSR count). The lowest BCUT2D eigenvalue weighted by atomic mass is 10.2. The van der Waals surface area contributed by atoms with Crippen molar-refractivity contribution in [2.75, 3.05) is 65.0 Å². The molecule has 0 aromatic rings. The van der Waals surface area contributed by atoms with Gasteiger partial charge in [-0.15, -0.1) is 0 Å². The molecule has 1 aliphatic rings. The summed E-state index contributed by atoms with van der Waals surface area (Å²) in [6.45, 7) is 4.09. The fraction of sp³-hybridized carbons (Fsp3) is 0.857. The number of piperazine rings is 1. The van der Waals surface area contributed by atoms with Crippen LogP contribution in [-0.4, -0.2) is 92.6 Å². The van der Waals surface area contributed by atoms with Gasteiger partial charge in [0, 0.05) is 39.8 Å². The highest BCUT2D eigenvalue weighted by atomic mass is 32.2. The molecule has 22 heavy (non-hydrogen) atoms. The summed E-state index contributed by atoms with van der Waals surface area (Å²) in [5.74, 6) is 0.917. The van der Waals surface area contributed by atoms with E-state index < -0.39 is 6.04 Å². The first-order valence-corrected chi connectivity index (χ1v) is 8.99. The summed E-state index contributed by atoms with van der Waals surface area (Å²) in [5, 5.41) is 2.80. The van der Waals surface area contributed by atoms with Crippen molar-refractivity contribution in [1.82, 2.24) is 15.1 Å².